The lowest BCUT2D eigenvalue weighted by Gasteiger charge is -2.25. The number of rotatable bonds is 9. The topological polar surface area (TPSA) is 47.7 Å². The quantitative estimate of drug-likeness (QED) is 0.552. The summed E-state index contributed by atoms with van der Waals surface area (Å²) in [5, 5.41) is 0. The number of halogens is 1. The Balaban J connectivity index is 2.69. The van der Waals surface area contributed by atoms with Gasteiger partial charge in [0.05, 0.1) is 13.2 Å². The maximum absolute atomic E-state index is 13.4. The minimum absolute atomic E-state index is 0.326. The highest BCUT2D eigenvalue weighted by molar-refractivity contribution is 5.56. The first-order valence-corrected chi connectivity index (χ1v) is 6.63. The van der Waals surface area contributed by atoms with Gasteiger partial charge in [-0.25, -0.2) is 4.39 Å². The third-order valence-electron chi connectivity index (χ3n) is 2.69. The van der Waals surface area contributed by atoms with Crippen LogP contribution in [0.1, 0.15) is 13.8 Å². The molecule has 1 rings (SSSR count). The summed E-state index contributed by atoms with van der Waals surface area (Å²) in [6.07, 6.45) is 0. The summed E-state index contributed by atoms with van der Waals surface area (Å²) in [5.41, 5.74) is 6.86. The average Bonchev–Trinajstić information content (AvgIpc) is 2.36. The summed E-state index contributed by atoms with van der Waals surface area (Å²) in [7, 11) is 0. The van der Waals surface area contributed by atoms with E-state index in [1.54, 1.807) is 6.07 Å². The number of benzene rings is 1. The molecule has 0 radical (unpaired) electrons. The lowest BCUT2D eigenvalue weighted by atomic mass is 10.2. The summed E-state index contributed by atoms with van der Waals surface area (Å²) >= 11 is 0. The van der Waals surface area contributed by atoms with Crippen molar-refractivity contribution in [1.82, 2.24) is 0 Å². The molecule has 19 heavy (non-hydrogen) atoms. The SMILES string of the molecule is CCOCCN(CCOCC)c1cc(N)cc(F)c1. The molecule has 4 nitrogen and oxygen atoms in total. The Kier molecular flexibility index (Phi) is 7.22. The van der Waals surface area contributed by atoms with E-state index in [1.807, 2.05) is 18.7 Å². The smallest absolute Gasteiger partial charge is 0.127 e. The predicted octanol–water partition coefficient (Wildman–Crippen LogP) is 2.29. The van der Waals surface area contributed by atoms with Crippen LogP contribution in [0.4, 0.5) is 15.8 Å². The number of hydrogen-bond donors (Lipinski definition) is 1. The molecule has 1 aromatic carbocycles. The van der Waals surface area contributed by atoms with Crippen molar-refractivity contribution >= 4 is 11.4 Å². The normalized spacial score (nSPS) is 10.7. The summed E-state index contributed by atoms with van der Waals surface area (Å²) in [4.78, 5) is 2.02. The van der Waals surface area contributed by atoms with Gasteiger partial charge in [0.15, 0.2) is 0 Å². The van der Waals surface area contributed by atoms with E-state index in [9.17, 15) is 4.39 Å². The van der Waals surface area contributed by atoms with Gasteiger partial charge in [0.2, 0.25) is 0 Å². The molecule has 2 N–H and O–H groups in total. The molecule has 0 aliphatic carbocycles. The first-order valence-electron chi connectivity index (χ1n) is 6.63. The second-order valence-corrected chi connectivity index (χ2v) is 4.12. The van der Waals surface area contributed by atoms with Gasteiger partial charge in [-0.1, -0.05) is 0 Å². The predicted molar refractivity (Wildman–Crippen MR) is 76.0 cm³/mol. The molecule has 0 saturated heterocycles. The average molecular weight is 270 g/mol. The van der Waals surface area contributed by atoms with E-state index in [4.69, 9.17) is 15.2 Å². The van der Waals surface area contributed by atoms with Crippen molar-refractivity contribution in [2.24, 2.45) is 0 Å². The van der Waals surface area contributed by atoms with Crippen molar-refractivity contribution in [3.63, 3.8) is 0 Å². The molecular weight excluding hydrogens is 247 g/mol. The van der Waals surface area contributed by atoms with Gasteiger partial charge in [0.25, 0.3) is 0 Å². The summed E-state index contributed by atoms with van der Waals surface area (Å²) < 4.78 is 24.1. The van der Waals surface area contributed by atoms with Crippen LogP contribution in [0.25, 0.3) is 0 Å². The van der Waals surface area contributed by atoms with Crippen LogP contribution in [0.5, 0.6) is 0 Å². The highest BCUT2D eigenvalue weighted by Crippen LogP contribution is 2.19. The number of nitrogens with zero attached hydrogens (tertiary/aromatic N) is 1. The second kappa shape index (κ2) is 8.72. The zero-order valence-electron chi connectivity index (χ0n) is 11.7. The van der Waals surface area contributed by atoms with Crippen molar-refractivity contribution in [3.8, 4) is 0 Å². The minimum Gasteiger partial charge on any atom is -0.399 e. The van der Waals surface area contributed by atoms with E-state index in [0.717, 1.165) is 5.69 Å². The first kappa shape index (κ1) is 15.7. The Bertz CT molecular complexity index is 344. The van der Waals surface area contributed by atoms with Crippen LogP contribution in [0, 0.1) is 5.82 Å². The van der Waals surface area contributed by atoms with Crippen LogP contribution in [-0.4, -0.2) is 39.5 Å². The molecule has 5 heteroatoms. The van der Waals surface area contributed by atoms with Crippen LogP contribution in [-0.2, 0) is 9.47 Å². The van der Waals surface area contributed by atoms with Crippen molar-refractivity contribution in [1.29, 1.82) is 0 Å². The molecule has 0 aliphatic rings. The summed E-state index contributed by atoms with van der Waals surface area (Å²) in [6, 6.07) is 4.56. The van der Waals surface area contributed by atoms with E-state index in [0.29, 0.717) is 45.2 Å². The maximum Gasteiger partial charge on any atom is 0.127 e. The highest BCUT2D eigenvalue weighted by atomic mass is 19.1. The van der Waals surface area contributed by atoms with E-state index >= 15 is 0 Å². The van der Waals surface area contributed by atoms with E-state index in [-0.39, 0.29) is 5.82 Å². The molecule has 0 spiro atoms. The van der Waals surface area contributed by atoms with Gasteiger partial charge in [-0.2, -0.15) is 0 Å². The molecule has 0 heterocycles. The first-order chi connectivity index (χ1) is 9.17. The van der Waals surface area contributed by atoms with Gasteiger partial charge in [-0.05, 0) is 32.0 Å². The van der Waals surface area contributed by atoms with Gasteiger partial charge in [-0.15, -0.1) is 0 Å². The number of hydrogen-bond acceptors (Lipinski definition) is 4. The Hall–Kier alpha value is -1.33. The van der Waals surface area contributed by atoms with Crippen LogP contribution >= 0.6 is 0 Å². The third kappa shape index (κ3) is 5.89. The molecular formula is C14H23FN2O2. The van der Waals surface area contributed by atoms with Gasteiger partial charge >= 0.3 is 0 Å². The van der Waals surface area contributed by atoms with Gasteiger partial charge < -0.3 is 20.1 Å². The van der Waals surface area contributed by atoms with Crippen molar-refractivity contribution in [2.45, 2.75) is 13.8 Å². The minimum atomic E-state index is -0.326. The molecule has 0 saturated carbocycles. The molecule has 0 bridgehead atoms. The van der Waals surface area contributed by atoms with E-state index < -0.39 is 0 Å². The second-order valence-electron chi connectivity index (χ2n) is 4.12. The monoisotopic (exact) mass is 270 g/mol. The molecule has 1 aromatic rings. The largest absolute Gasteiger partial charge is 0.399 e. The third-order valence-corrected chi connectivity index (χ3v) is 2.69. The van der Waals surface area contributed by atoms with E-state index in [2.05, 4.69) is 0 Å². The molecule has 0 aromatic heterocycles. The van der Waals surface area contributed by atoms with E-state index in [1.165, 1.54) is 12.1 Å². The number of ether oxygens (including phenoxy) is 2. The Morgan fingerprint density at radius 1 is 1.05 bits per heavy atom. The van der Waals surface area contributed by atoms with Gasteiger partial charge in [-0.3, -0.25) is 0 Å². The Morgan fingerprint density at radius 2 is 1.63 bits per heavy atom. The Morgan fingerprint density at radius 3 is 2.11 bits per heavy atom. The fourth-order valence-electron chi connectivity index (χ4n) is 1.79. The number of anilines is 2. The van der Waals surface area contributed by atoms with Crippen LogP contribution in [0.3, 0.4) is 0 Å². The van der Waals surface area contributed by atoms with Crippen molar-refractivity contribution in [3.05, 3.63) is 24.0 Å². The van der Waals surface area contributed by atoms with Crippen molar-refractivity contribution in [2.75, 3.05) is 50.2 Å². The van der Waals surface area contributed by atoms with Crippen LogP contribution < -0.4 is 10.6 Å². The molecule has 0 aliphatic heterocycles. The zero-order valence-corrected chi connectivity index (χ0v) is 11.7. The fourth-order valence-corrected chi connectivity index (χ4v) is 1.79. The van der Waals surface area contributed by atoms with Crippen LogP contribution in [0.2, 0.25) is 0 Å². The molecule has 0 unspecified atom stereocenters. The molecule has 0 amide bonds. The van der Waals surface area contributed by atoms with Crippen molar-refractivity contribution < 1.29 is 13.9 Å². The number of nitrogens with two attached hydrogens (primary N) is 1. The molecule has 0 atom stereocenters. The standard InChI is InChI=1S/C14H23FN2O2/c1-3-18-7-5-17(6-8-19-4-2)14-10-12(15)9-13(16)11-14/h9-11H,3-8,16H2,1-2H3. The Labute approximate surface area is 114 Å². The summed E-state index contributed by atoms with van der Waals surface area (Å²) in [6.45, 7) is 7.80. The van der Waals surface area contributed by atoms with Gasteiger partial charge in [0, 0.05) is 37.7 Å². The lowest BCUT2D eigenvalue weighted by Crippen LogP contribution is -2.31. The molecule has 108 valence electrons. The summed E-state index contributed by atoms with van der Waals surface area (Å²) in [5.74, 6) is -0.326. The number of nitrogen functional groups attached to an aromatic ring is 1. The maximum atomic E-state index is 13.4. The zero-order chi connectivity index (χ0) is 14.1. The highest BCUT2D eigenvalue weighted by Gasteiger charge is 2.08. The fraction of sp³-hybridized carbons (Fsp3) is 0.571. The molecule has 0 fully saturated rings. The van der Waals surface area contributed by atoms with Gasteiger partial charge in [0.1, 0.15) is 5.82 Å². The van der Waals surface area contributed by atoms with Crippen LogP contribution in [0.15, 0.2) is 18.2 Å². The lowest BCUT2D eigenvalue weighted by molar-refractivity contribution is 0.141.